The third kappa shape index (κ3) is 2.77. The predicted octanol–water partition coefficient (Wildman–Crippen LogP) is 3.07. The van der Waals surface area contributed by atoms with Crippen molar-refractivity contribution in [1.29, 1.82) is 0 Å². The average Bonchev–Trinajstić information content (AvgIpc) is 2.15. The van der Waals surface area contributed by atoms with Gasteiger partial charge in [-0.3, -0.25) is 0 Å². The lowest BCUT2D eigenvalue weighted by molar-refractivity contribution is 0.341. The van der Waals surface area contributed by atoms with E-state index in [0.717, 1.165) is 15.8 Å². The molecule has 0 amide bonds. The lowest BCUT2D eigenvalue weighted by Crippen LogP contribution is -1.84. The Morgan fingerprint density at radius 1 is 1.31 bits per heavy atom. The van der Waals surface area contributed by atoms with Gasteiger partial charge in [-0.05, 0) is 39.7 Å². The van der Waals surface area contributed by atoms with Crippen molar-refractivity contribution >= 4 is 22.0 Å². The van der Waals surface area contributed by atoms with Crippen molar-refractivity contribution < 1.29 is 9.47 Å². The number of hydrogen-bond donors (Lipinski definition) is 0. The van der Waals surface area contributed by atoms with Gasteiger partial charge in [-0.15, -0.1) is 0 Å². The van der Waals surface area contributed by atoms with Gasteiger partial charge in [0.25, 0.3) is 0 Å². The fourth-order valence-corrected chi connectivity index (χ4v) is 1.49. The third-order valence-corrected chi connectivity index (χ3v) is 2.19. The monoisotopic (exact) mass is 242 g/mol. The van der Waals surface area contributed by atoms with Gasteiger partial charge in [-0.25, -0.2) is 0 Å². The first-order chi connectivity index (χ1) is 6.27. The molecule has 0 fully saturated rings. The Hall–Kier alpha value is -0.960. The highest BCUT2D eigenvalue weighted by Gasteiger charge is 1.98. The van der Waals surface area contributed by atoms with Gasteiger partial charge in [0.05, 0.1) is 25.0 Å². The van der Waals surface area contributed by atoms with Gasteiger partial charge in [-0.1, -0.05) is 6.07 Å². The highest BCUT2D eigenvalue weighted by Crippen LogP contribution is 2.25. The Kier molecular flexibility index (Phi) is 3.83. The zero-order valence-electron chi connectivity index (χ0n) is 7.58. The van der Waals surface area contributed by atoms with Crippen molar-refractivity contribution in [3.05, 3.63) is 34.5 Å². The summed E-state index contributed by atoms with van der Waals surface area (Å²) in [7, 11) is 3.26. The summed E-state index contributed by atoms with van der Waals surface area (Å²) in [5.41, 5.74) is 1.06. The second-order valence-electron chi connectivity index (χ2n) is 2.43. The summed E-state index contributed by atoms with van der Waals surface area (Å²) in [5.74, 6) is 0.828. The maximum absolute atomic E-state index is 5.10. The Morgan fingerprint density at radius 2 is 2.08 bits per heavy atom. The molecule has 0 saturated carbocycles. The van der Waals surface area contributed by atoms with E-state index in [1.165, 1.54) is 0 Å². The zero-order valence-corrected chi connectivity index (χ0v) is 9.17. The Labute approximate surface area is 86.3 Å². The van der Waals surface area contributed by atoms with Crippen LogP contribution in [-0.4, -0.2) is 14.2 Å². The third-order valence-electron chi connectivity index (χ3n) is 1.57. The topological polar surface area (TPSA) is 18.5 Å². The highest BCUT2D eigenvalue weighted by atomic mass is 79.9. The number of benzene rings is 1. The van der Waals surface area contributed by atoms with E-state index in [-0.39, 0.29) is 0 Å². The van der Waals surface area contributed by atoms with Crippen LogP contribution in [0.5, 0.6) is 5.75 Å². The Morgan fingerprint density at radius 3 is 2.62 bits per heavy atom. The fourth-order valence-electron chi connectivity index (χ4n) is 0.933. The molecule has 0 aliphatic carbocycles. The lowest BCUT2D eigenvalue weighted by atomic mass is 10.2. The maximum atomic E-state index is 5.10. The first-order valence-electron chi connectivity index (χ1n) is 3.81. The van der Waals surface area contributed by atoms with Crippen LogP contribution in [0.1, 0.15) is 5.56 Å². The molecule has 70 valence electrons. The molecule has 1 aromatic carbocycles. The van der Waals surface area contributed by atoms with Crippen molar-refractivity contribution in [3.63, 3.8) is 0 Å². The van der Waals surface area contributed by atoms with Gasteiger partial charge in [0.15, 0.2) is 0 Å². The predicted molar refractivity (Wildman–Crippen MR) is 56.7 cm³/mol. The van der Waals surface area contributed by atoms with E-state index in [1.54, 1.807) is 20.5 Å². The maximum Gasteiger partial charge on any atom is 0.133 e. The van der Waals surface area contributed by atoms with Crippen molar-refractivity contribution in [1.82, 2.24) is 0 Å². The summed E-state index contributed by atoms with van der Waals surface area (Å²) in [6.07, 6.45) is 3.51. The first-order valence-corrected chi connectivity index (χ1v) is 4.60. The van der Waals surface area contributed by atoms with Crippen LogP contribution in [0, 0.1) is 0 Å². The average molecular weight is 243 g/mol. The molecule has 1 aromatic rings. The van der Waals surface area contributed by atoms with Crippen LogP contribution in [0.4, 0.5) is 0 Å². The molecule has 3 heteroatoms. The number of ether oxygens (including phenoxy) is 2. The number of hydrogen-bond acceptors (Lipinski definition) is 2. The van der Waals surface area contributed by atoms with Crippen LogP contribution in [0.25, 0.3) is 6.08 Å². The summed E-state index contributed by atoms with van der Waals surface area (Å²) >= 11 is 3.40. The second kappa shape index (κ2) is 4.92. The van der Waals surface area contributed by atoms with Crippen LogP contribution in [0.2, 0.25) is 0 Å². The van der Waals surface area contributed by atoms with Crippen molar-refractivity contribution in [2.24, 2.45) is 0 Å². The van der Waals surface area contributed by atoms with Gasteiger partial charge in [0, 0.05) is 0 Å². The van der Waals surface area contributed by atoms with Crippen LogP contribution in [0.3, 0.4) is 0 Å². The molecule has 0 aliphatic rings. The van der Waals surface area contributed by atoms with Gasteiger partial charge >= 0.3 is 0 Å². The van der Waals surface area contributed by atoms with Gasteiger partial charge in [0.2, 0.25) is 0 Å². The summed E-state index contributed by atoms with van der Waals surface area (Å²) in [6, 6.07) is 5.83. The first kappa shape index (κ1) is 10.1. The van der Waals surface area contributed by atoms with Crippen molar-refractivity contribution in [2.75, 3.05) is 14.2 Å². The molecule has 0 N–H and O–H groups in total. The van der Waals surface area contributed by atoms with Crippen molar-refractivity contribution in [3.8, 4) is 5.75 Å². The van der Waals surface area contributed by atoms with E-state index in [2.05, 4.69) is 15.9 Å². The van der Waals surface area contributed by atoms with E-state index in [4.69, 9.17) is 9.47 Å². The molecule has 0 bridgehead atoms. The van der Waals surface area contributed by atoms with Crippen LogP contribution < -0.4 is 4.74 Å². The van der Waals surface area contributed by atoms with E-state index in [9.17, 15) is 0 Å². The standard InChI is InChI=1S/C10H11BrO2/c1-12-6-5-8-3-4-10(13-2)9(11)7-8/h3-7H,1-2H3/b6-5+. The molecule has 0 atom stereocenters. The summed E-state index contributed by atoms with van der Waals surface area (Å²) in [5, 5.41) is 0. The van der Waals surface area contributed by atoms with E-state index in [1.807, 2.05) is 24.3 Å². The smallest absolute Gasteiger partial charge is 0.133 e. The largest absolute Gasteiger partial charge is 0.504 e. The molecule has 0 radical (unpaired) electrons. The summed E-state index contributed by atoms with van der Waals surface area (Å²) in [6.45, 7) is 0. The SMILES string of the molecule is CO/C=C/c1ccc(OC)c(Br)c1. The molecule has 0 aromatic heterocycles. The fraction of sp³-hybridized carbons (Fsp3) is 0.200. The van der Waals surface area contributed by atoms with Gasteiger partial charge < -0.3 is 9.47 Å². The molecule has 0 unspecified atom stereocenters. The van der Waals surface area contributed by atoms with Crippen LogP contribution in [-0.2, 0) is 4.74 Å². The minimum absolute atomic E-state index is 0.828. The number of halogens is 1. The molecule has 0 saturated heterocycles. The number of rotatable bonds is 3. The molecular formula is C10H11BrO2. The van der Waals surface area contributed by atoms with E-state index >= 15 is 0 Å². The normalized spacial score (nSPS) is 10.4. The minimum atomic E-state index is 0.828. The Balaban J connectivity index is 2.89. The molecule has 13 heavy (non-hydrogen) atoms. The number of methoxy groups -OCH3 is 2. The van der Waals surface area contributed by atoms with E-state index < -0.39 is 0 Å². The molecular weight excluding hydrogens is 232 g/mol. The zero-order chi connectivity index (χ0) is 9.68. The van der Waals surface area contributed by atoms with Crippen LogP contribution >= 0.6 is 15.9 Å². The molecule has 2 nitrogen and oxygen atoms in total. The molecule has 0 heterocycles. The molecule has 0 spiro atoms. The minimum Gasteiger partial charge on any atom is -0.504 e. The van der Waals surface area contributed by atoms with Gasteiger partial charge in [0.1, 0.15) is 5.75 Å². The second-order valence-corrected chi connectivity index (χ2v) is 3.29. The highest BCUT2D eigenvalue weighted by molar-refractivity contribution is 9.10. The van der Waals surface area contributed by atoms with Gasteiger partial charge in [-0.2, -0.15) is 0 Å². The van der Waals surface area contributed by atoms with Crippen molar-refractivity contribution in [2.45, 2.75) is 0 Å². The van der Waals surface area contributed by atoms with Crippen LogP contribution in [0.15, 0.2) is 28.9 Å². The van der Waals surface area contributed by atoms with E-state index in [0.29, 0.717) is 0 Å². The summed E-state index contributed by atoms with van der Waals surface area (Å²) in [4.78, 5) is 0. The molecule has 1 rings (SSSR count). The summed E-state index contributed by atoms with van der Waals surface area (Å²) < 4.78 is 10.9. The Bertz CT molecular complexity index is 308. The lowest BCUT2D eigenvalue weighted by Gasteiger charge is -2.02. The molecule has 0 aliphatic heterocycles. The quantitative estimate of drug-likeness (QED) is 0.759.